The number of methoxy groups -OCH3 is 1. The number of carbonyl (C=O) groups excluding carboxylic acids is 8. The number of amides is 5. The number of hydrogen-bond donors (Lipinski definition) is 3. The van der Waals surface area contributed by atoms with Gasteiger partial charge in [-0.2, -0.15) is 0 Å². The van der Waals surface area contributed by atoms with Crippen LogP contribution in [-0.2, 0) is 54.3 Å². The summed E-state index contributed by atoms with van der Waals surface area (Å²) in [5.74, 6) is -5.49. The zero-order valence-electron chi connectivity index (χ0n) is 40.4. The molecule has 5 amide bonds. The van der Waals surface area contributed by atoms with Crippen molar-refractivity contribution < 1.29 is 52.6 Å². The average molecular weight is 900 g/mol. The molecule has 0 saturated carbocycles. The molecule has 1 unspecified atom stereocenters. The third-order valence-electron chi connectivity index (χ3n) is 11.9. The Morgan fingerprint density at radius 1 is 0.859 bits per heavy atom. The third kappa shape index (κ3) is 17.2. The zero-order valence-corrected chi connectivity index (χ0v) is 40.4. The number of rotatable bonds is 27. The summed E-state index contributed by atoms with van der Waals surface area (Å²) >= 11 is 0. The SMILES string of the molecule is CC[C@@H](C)CCCC(=O)O[C@@H](C(=O)[C@@H](C)C(=O)NC(CC(C)C)C(=O)N1CCC[C@@H]1C(=O)N(C)[C@H](Cc1ccc(OC)cc1)C(=O)O[C@@H](C)[C@@H](NC(=O)CCC(C)C)C(N)=O)C(C)C. The van der Waals surface area contributed by atoms with E-state index in [9.17, 15) is 38.4 Å². The second kappa shape index (κ2) is 26.7. The lowest BCUT2D eigenvalue weighted by atomic mass is 9.93. The molecule has 0 aromatic heterocycles. The molecule has 1 heterocycles. The maximum Gasteiger partial charge on any atom is 0.329 e. The van der Waals surface area contributed by atoms with E-state index in [1.54, 1.807) is 38.1 Å². The molecule has 1 saturated heterocycles. The van der Waals surface area contributed by atoms with Crippen molar-refractivity contribution >= 4 is 47.3 Å². The molecule has 1 aliphatic rings. The number of ketones is 1. The Morgan fingerprint density at radius 3 is 2.05 bits per heavy atom. The van der Waals surface area contributed by atoms with Crippen molar-refractivity contribution in [3.05, 3.63) is 29.8 Å². The van der Waals surface area contributed by atoms with Crippen LogP contribution in [0.25, 0.3) is 0 Å². The Kier molecular flexibility index (Phi) is 23.0. The molecule has 0 bridgehead atoms. The van der Waals surface area contributed by atoms with Gasteiger partial charge >= 0.3 is 11.9 Å². The predicted octanol–water partition coefficient (Wildman–Crippen LogP) is 4.91. The summed E-state index contributed by atoms with van der Waals surface area (Å²) < 4.78 is 16.7. The summed E-state index contributed by atoms with van der Waals surface area (Å²) in [7, 11) is 2.96. The van der Waals surface area contributed by atoms with Crippen LogP contribution < -0.4 is 21.1 Å². The van der Waals surface area contributed by atoms with Crippen molar-refractivity contribution in [1.29, 1.82) is 0 Å². The number of nitrogens with two attached hydrogens (primary N) is 1. The molecule has 2 rings (SSSR count). The van der Waals surface area contributed by atoms with Crippen molar-refractivity contribution in [3.8, 4) is 5.75 Å². The van der Waals surface area contributed by atoms with Gasteiger partial charge in [0.15, 0.2) is 11.9 Å². The highest BCUT2D eigenvalue weighted by molar-refractivity contribution is 6.05. The van der Waals surface area contributed by atoms with E-state index in [0.717, 1.165) is 12.8 Å². The van der Waals surface area contributed by atoms with Gasteiger partial charge in [0, 0.05) is 32.9 Å². The number of primary amides is 1. The van der Waals surface area contributed by atoms with E-state index in [4.69, 9.17) is 19.9 Å². The molecule has 0 aliphatic carbocycles. The van der Waals surface area contributed by atoms with Gasteiger partial charge in [-0.15, -0.1) is 0 Å². The topological polar surface area (TPSA) is 221 Å². The van der Waals surface area contributed by atoms with Crippen LogP contribution in [0.5, 0.6) is 5.75 Å². The van der Waals surface area contributed by atoms with Crippen LogP contribution in [0.4, 0.5) is 0 Å². The summed E-state index contributed by atoms with van der Waals surface area (Å²) in [5.41, 5.74) is 6.30. The molecule has 1 fully saturated rings. The first kappa shape index (κ1) is 55.1. The summed E-state index contributed by atoms with van der Waals surface area (Å²) in [6.45, 7) is 18.4. The van der Waals surface area contributed by atoms with E-state index in [2.05, 4.69) is 24.5 Å². The predicted molar refractivity (Wildman–Crippen MR) is 242 cm³/mol. The molecular weight excluding hydrogens is 823 g/mol. The van der Waals surface area contributed by atoms with E-state index >= 15 is 0 Å². The molecule has 4 N–H and O–H groups in total. The van der Waals surface area contributed by atoms with Gasteiger partial charge in [0.2, 0.25) is 29.5 Å². The second-order valence-electron chi connectivity index (χ2n) is 18.6. The van der Waals surface area contributed by atoms with E-state index in [1.165, 1.54) is 37.8 Å². The minimum atomic E-state index is -1.34. The third-order valence-corrected chi connectivity index (χ3v) is 11.9. The Hall–Kier alpha value is -5.02. The first-order valence-corrected chi connectivity index (χ1v) is 23.0. The van der Waals surface area contributed by atoms with E-state index in [0.29, 0.717) is 36.5 Å². The quantitative estimate of drug-likeness (QED) is 0.0795. The van der Waals surface area contributed by atoms with Gasteiger partial charge in [-0.25, -0.2) is 4.79 Å². The second-order valence-corrected chi connectivity index (χ2v) is 18.6. The Labute approximate surface area is 380 Å². The largest absolute Gasteiger partial charge is 0.497 e. The molecule has 1 aromatic rings. The molecular formula is C48H77N5O11. The molecule has 16 heteroatoms. The van der Waals surface area contributed by atoms with Gasteiger partial charge < -0.3 is 40.4 Å². The smallest absolute Gasteiger partial charge is 0.329 e. The highest BCUT2D eigenvalue weighted by Crippen LogP contribution is 2.25. The van der Waals surface area contributed by atoms with Crippen LogP contribution in [0.1, 0.15) is 133 Å². The van der Waals surface area contributed by atoms with Crippen molar-refractivity contribution in [2.75, 3.05) is 20.7 Å². The molecule has 16 nitrogen and oxygen atoms in total. The van der Waals surface area contributed by atoms with E-state index in [-0.39, 0.29) is 50.5 Å². The van der Waals surface area contributed by atoms with Crippen LogP contribution in [0.15, 0.2) is 24.3 Å². The number of nitrogens with zero attached hydrogens (tertiary/aromatic N) is 2. The first-order valence-electron chi connectivity index (χ1n) is 23.0. The number of likely N-dealkylation sites (tertiary alicyclic amines) is 1. The molecule has 64 heavy (non-hydrogen) atoms. The normalized spacial score (nSPS) is 17.1. The fourth-order valence-corrected chi connectivity index (χ4v) is 7.54. The molecule has 0 spiro atoms. The molecule has 360 valence electrons. The summed E-state index contributed by atoms with van der Waals surface area (Å²) in [5, 5.41) is 5.35. The van der Waals surface area contributed by atoms with Crippen LogP contribution in [0.3, 0.4) is 0 Å². The standard InChI is InChI=1S/C48H77N5O11/c1-13-31(8)16-14-18-40(55)64-43(30(6)7)42(56)32(9)45(58)50-36(26-29(4)5)46(59)53-25-15-17-37(53)47(60)52(11)38(27-34-20-22-35(62-12)23-21-34)48(61)63-33(10)41(44(49)57)51-39(54)24-19-28(2)3/h20-23,28-33,36-38,41,43H,13-19,24-27H2,1-12H3,(H2,49,57)(H,50,58)(H,51,54)/t31-,32-,33+,36?,37-,38-,41-,43-/m1/s1. The minimum Gasteiger partial charge on any atom is -0.497 e. The Morgan fingerprint density at radius 2 is 1.50 bits per heavy atom. The number of carbonyl (C=O) groups is 8. The number of Topliss-reactive ketones (excluding diaryl/α,β-unsaturated/α-hetero) is 1. The number of likely N-dealkylation sites (N-methyl/N-ethyl adjacent to an activating group) is 1. The van der Waals surface area contributed by atoms with Gasteiger partial charge in [-0.1, -0.05) is 80.4 Å². The van der Waals surface area contributed by atoms with Gasteiger partial charge in [0.1, 0.15) is 36.0 Å². The van der Waals surface area contributed by atoms with Gasteiger partial charge in [-0.05, 0) is 87.3 Å². The monoisotopic (exact) mass is 900 g/mol. The van der Waals surface area contributed by atoms with Crippen LogP contribution in [0, 0.1) is 29.6 Å². The van der Waals surface area contributed by atoms with Crippen molar-refractivity contribution in [1.82, 2.24) is 20.4 Å². The highest BCUT2D eigenvalue weighted by Gasteiger charge is 2.43. The molecule has 1 aliphatic heterocycles. The maximum atomic E-state index is 14.5. The molecule has 8 atom stereocenters. The molecule has 0 radical (unpaired) electrons. The summed E-state index contributed by atoms with van der Waals surface area (Å²) in [6.07, 6.45) is 1.93. The van der Waals surface area contributed by atoms with Crippen molar-refractivity contribution in [2.24, 2.45) is 35.3 Å². The number of esters is 2. The number of hydrogen-bond acceptors (Lipinski definition) is 11. The van der Waals surface area contributed by atoms with Crippen molar-refractivity contribution in [3.63, 3.8) is 0 Å². The maximum absolute atomic E-state index is 14.5. The van der Waals surface area contributed by atoms with Crippen LogP contribution >= 0.6 is 0 Å². The summed E-state index contributed by atoms with van der Waals surface area (Å²) in [4.78, 5) is 111. The Balaban J connectivity index is 2.35. The fourth-order valence-electron chi connectivity index (χ4n) is 7.54. The number of ether oxygens (including phenoxy) is 3. The lowest BCUT2D eigenvalue weighted by Crippen LogP contribution is -2.57. The summed E-state index contributed by atoms with van der Waals surface area (Å²) in [6, 6.07) is 2.21. The highest BCUT2D eigenvalue weighted by atomic mass is 16.6. The average Bonchev–Trinajstić information content (AvgIpc) is 3.74. The number of benzene rings is 1. The van der Waals surface area contributed by atoms with Gasteiger partial charge in [0.05, 0.1) is 13.0 Å². The number of nitrogens with one attached hydrogen (secondary N) is 2. The zero-order chi connectivity index (χ0) is 48.4. The lowest BCUT2D eigenvalue weighted by molar-refractivity contribution is -0.162. The van der Waals surface area contributed by atoms with E-state index in [1.807, 2.05) is 27.7 Å². The van der Waals surface area contributed by atoms with Gasteiger partial charge in [-0.3, -0.25) is 33.6 Å². The minimum absolute atomic E-state index is 0.0108. The van der Waals surface area contributed by atoms with Crippen LogP contribution in [0.2, 0.25) is 0 Å². The van der Waals surface area contributed by atoms with Gasteiger partial charge in [0.25, 0.3) is 0 Å². The van der Waals surface area contributed by atoms with Crippen LogP contribution in [-0.4, -0.2) is 114 Å². The Bertz CT molecular complexity index is 1730. The van der Waals surface area contributed by atoms with Crippen molar-refractivity contribution in [2.45, 2.75) is 170 Å². The molecule has 1 aromatic carbocycles. The lowest BCUT2D eigenvalue weighted by Gasteiger charge is -2.35. The van der Waals surface area contributed by atoms with E-state index < -0.39 is 95.5 Å². The fraction of sp³-hybridized carbons (Fsp3) is 0.708. The first-order chi connectivity index (χ1) is 30.0.